The van der Waals surface area contributed by atoms with Crippen LogP contribution in [-0.4, -0.2) is 22.0 Å². The van der Waals surface area contributed by atoms with Gasteiger partial charge in [0.05, 0.1) is 23.0 Å². The Morgan fingerprint density at radius 1 is 1.32 bits per heavy atom. The average Bonchev–Trinajstić information content (AvgIpc) is 2.84. The number of guanidine groups is 1. The number of nitro benzene ring substituents is 1. The molecule has 7 nitrogen and oxygen atoms in total. The summed E-state index contributed by atoms with van der Waals surface area (Å²) >= 11 is 12.1. The summed E-state index contributed by atoms with van der Waals surface area (Å²) in [5.74, 6) is 0.599. The fourth-order valence-electron chi connectivity index (χ4n) is 2.21. The first-order valence-electron chi connectivity index (χ1n) is 7.67. The lowest BCUT2D eigenvalue weighted by Gasteiger charge is -2.12. The van der Waals surface area contributed by atoms with Crippen LogP contribution in [0.15, 0.2) is 35.3 Å². The number of nitrogens with one attached hydrogen (secondary N) is 2. The monoisotopic (exact) mass is 383 g/mol. The standard InChI is InChI=1S/C16H19Cl2N5O2/c1-3-19-16(21-10-13-8-14(17)15(18)22(13)2)20-9-11-5-4-6-12(7-11)23(24)25/h4-8H,3,9-10H2,1-2H3,(H2,19,20,21). The van der Waals surface area contributed by atoms with Gasteiger partial charge in [-0.3, -0.25) is 10.1 Å². The van der Waals surface area contributed by atoms with Crippen LogP contribution in [0.25, 0.3) is 0 Å². The summed E-state index contributed by atoms with van der Waals surface area (Å²) in [5, 5.41) is 18.1. The van der Waals surface area contributed by atoms with Crippen molar-refractivity contribution in [2.75, 3.05) is 6.54 Å². The van der Waals surface area contributed by atoms with Gasteiger partial charge in [-0.1, -0.05) is 35.3 Å². The zero-order chi connectivity index (χ0) is 18.4. The van der Waals surface area contributed by atoms with Crippen LogP contribution >= 0.6 is 23.2 Å². The normalized spacial score (nSPS) is 11.4. The van der Waals surface area contributed by atoms with E-state index in [1.807, 2.05) is 14.0 Å². The molecule has 9 heteroatoms. The molecule has 0 aliphatic rings. The van der Waals surface area contributed by atoms with E-state index < -0.39 is 4.92 Å². The third-order valence-corrected chi connectivity index (χ3v) is 4.38. The third kappa shape index (κ3) is 5.11. The number of non-ortho nitro benzene ring substituents is 1. The molecule has 25 heavy (non-hydrogen) atoms. The maximum atomic E-state index is 10.8. The van der Waals surface area contributed by atoms with Gasteiger partial charge in [0.25, 0.3) is 5.69 Å². The fraction of sp³-hybridized carbons (Fsp3) is 0.312. The first-order chi connectivity index (χ1) is 11.9. The Morgan fingerprint density at radius 3 is 2.68 bits per heavy atom. The molecule has 0 amide bonds. The predicted octanol–water partition coefficient (Wildman–Crippen LogP) is 3.50. The highest BCUT2D eigenvalue weighted by molar-refractivity contribution is 6.41. The van der Waals surface area contributed by atoms with E-state index in [1.54, 1.807) is 22.8 Å². The number of benzene rings is 1. The first-order valence-corrected chi connectivity index (χ1v) is 8.43. The van der Waals surface area contributed by atoms with Gasteiger partial charge in [-0.25, -0.2) is 4.99 Å². The van der Waals surface area contributed by atoms with Gasteiger partial charge in [-0.2, -0.15) is 0 Å². The molecule has 0 saturated carbocycles. The van der Waals surface area contributed by atoms with Gasteiger partial charge in [0.1, 0.15) is 5.15 Å². The van der Waals surface area contributed by atoms with Crippen LogP contribution in [0.4, 0.5) is 5.69 Å². The number of nitrogens with zero attached hydrogens (tertiary/aromatic N) is 3. The second-order valence-electron chi connectivity index (χ2n) is 5.31. The summed E-state index contributed by atoms with van der Waals surface area (Å²) in [6.07, 6.45) is 0. The maximum Gasteiger partial charge on any atom is 0.269 e. The van der Waals surface area contributed by atoms with Crippen molar-refractivity contribution >= 4 is 34.8 Å². The van der Waals surface area contributed by atoms with Crippen LogP contribution in [0, 0.1) is 10.1 Å². The SMILES string of the molecule is CCNC(=NCc1cccc([N+](=O)[O-])c1)NCc1cc(Cl)c(Cl)n1C. The molecular weight excluding hydrogens is 365 g/mol. The number of aliphatic imine (C=N–C) groups is 1. The summed E-state index contributed by atoms with van der Waals surface area (Å²) in [7, 11) is 1.83. The third-order valence-electron chi connectivity index (χ3n) is 3.54. The van der Waals surface area contributed by atoms with Gasteiger partial charge >= 0.3 is 0 Å². The minimum Gasteiger partial charge on any atom is -0.357 e. The minimum absolute atomic E-state index is 0.0544. The van der Waals surface area contributed by atoms with Crippen molar-refractivity contribution in [2.45, 2.75) is 20.0 Å². The molecule has 2 rings (SSSR count). The number of aromatic nitrogens is 1. The van der Waals surface area contributed by atoms with E-state index in [0.717, 1.165) is 11.3 Å². The van der Waals surface area contributed by atoms with Gasteiger partial charge in [0.2, 0.25) is 0 Å². The number of halogens is 2. The molecule has 1 heterocycles. The Hall–Kier alpha value is -2.25. The molecule has 2 aromatic rings. The molecule has 0 saturated heterocycles. The molecule has 134 valence electrons. The molecule has 0 bridgehead atoms. The molecule has 0 radical (unpaired) electrons. The Bertz CT molecular complexity index is 789. The van der Waals surface area contributed by atoms with Gasteiger partial charge in [-0.15, -0.1) is 0 Å². The van der Waals surface area contributed by atoms with E-state index in [0.29, 0.717) is 35.8 Å². The predicted molar refractivity (Wildman–Crippen MR) is 100 cm³/mol. The summed E-state index contributed by atoms with van der Waals surface area (Å²) in [5.41, 5.74) is 1.73. The smallest absolute Gasteiger partial charge is 0.269 e. The Kier molecular flexibility index (Phi) is 6.66. The van der Waals surface area contributed by atoms with Crippen LogP contribution in [0.1, 0.15) is 18.2 Å². The second-order valence-corrected chi connectivity index (χ2v) is 6.07. The fourth-order valence-corrected chi connectivity index (χ4v) is 2.63. The van der Waals surface area contributed by atoms with Gasteiger partial charge < -0.3 is 15.2 Å². The van der Waals surface area contributed by atoms with E-state index in [4.69, 9.17) is 23.2 Å². The number of hydrogen-bond acceptors (Lipinski definition) is 3. The van der Waals surface area contributed by atoms with Gasteiger partial charge in [-0.05, 0) is 18.6 Å². The lowest BCUT2D eigenvalue weighted by Crippen LogP contribution is -2.37. The topological polar surface area (TPSA) is 84.5 Å². The second kappa shape index (κ2) is 8.73. The Morgan fingerprint density at radius 2 is 2.08 bits per heavy atom. The lowest BCUT2D eigenvalue weighted by atomic mass is 10.2. The summed E-state index contributed by atoms with van der Waals surface area (Å²) < 4.78 is 1.79. The van der Waals surface area contributed by atoms with Crippen molar-refractivity contribution in [3.8, 4) is 0 Å². The molecule has 1 aromatic carbocycles. The van der Waals surface area contributed by atoms with Gasteiger partial charge in [0, 0.05) is 31.4 Å². The lowest BCUT2D eigenvalue weighted by molar-refractivity contribution is -0.384. The van der Waals surface area contributed by atoms with E-state index in [1.165, 1.54) is 12.1 Å². The summed E-state index contributed by atoms with van der Waals surface area (Å²) in [6.45, 7) is 3.46. The van der Waals surface area contributed by atoms with Crippen molar-refractivity contribution < 1.29 is 4.92 Å². The van der Waals surface area contributed by atoms with Crippen molar-refractivity contribution in [2.24, 2.45) is 12.0 Å². The van der Waals surface area contributed by atoms with Gasteiger partial charge in [0.15, 0.2) is 5.96 Å². The molecule has 0 unspecified atom stereocenters. The zero-order valence-corrected chi connectivity index (χ0v) is 15.4. The summed E-state index contributed by atoms with van der Waals surface area (Å²) in [6, 6.07) is 8.22. The highest BCUT2D eigenvalue weighted by Crippen LogP contribution is 2.24. The number of rotatable bonds is 6. The average molecular weight is 384 g/mol. The zero-order valence-electron chi connectivity index (χ0n) is 13.9. The van der Waals surface area contributed by atoms with Crippen molar-refractivity contribution in [1.29, 1.82) is 0 Å². The largest absolute Gasteiger partial charge is 0.357 e. The van der Waals surface area contributed by atoms with Crippen molar-refractivity contribution in [3.63, 3.8) is 0 Å². The molecule has 0 fully saturated rings. The Balaban J connectivity index is 2.06. The number of nitro groups is 1. The first kappa shape index (κ1) is 19.1. The van der Waals surface area contributed by atoms with E-state index in [2.05, 4.69) is 15.6 Å². The quantitative estimate of drug-likeness (QED) is 0.346. The maximum absolute atomic E-state index is 10.8. The van der Waals surface area contributed by atoms with Crippen LogP contribution < -0.4 is 10.6 Å². The molecule has 1 aromatic heterocycles. The molecule has 0 aliphatic heterocycles. The van der Waals surface area contributed by atoms with Crippen molar-refractivity contribution in [1.82, 2.24) is 15.2 Å². The van der Waals surface area contributed by atoms with Crippen LogP contribution in [-0.2, 0) is 20.1 Å². The highest BCUT2D eigenvalue weighted by Gasteiger charge is 2.09. The molecule has 0 aliphatic carbocycles. The van der Waals surface area contributed by atoms with E-state index in [-0.39, 0.29) is 5.69 Å². The molecule has 0 atom stereocenters. The molecule has 2 N–H and O–H groups in total. The van der Waals surface area contributed by atoms with Crippen LogP contribution in [0.5, 0.6) is 0 Å². The van der Waals surface area contributed by atoms with E-state index >= 15 is 0 Å². The Labute approximate surface area is 155 Å². The van der Waals surface area contributed by atoms with Crippen LogP contribution in [0.3, 0.4) is 0 Å². The van der Waals surface area contributed by atoms with E-state index in [9.17, 15) is 10.1 Å². The minimum atomic E-state index is -0.417. The molecule has 0 spiro atoms. The summed E-state index contributed by atoms with van der Waals surface area (Å²) in [4.78, 5) is 14.9. The number of hydrogen-bond donors (Lipinski definition) is 2. The van der Waals surface area contributed by atoms with Crippen molar-refractivity contribution in [3.05, 3.63) is 61.9 Å². The highest BCUT2D eigenvalue weighted by atomic mass is 35.5. The molecular formula is C16H19Cl2N5O2. The van der Waals surface area contributed by atoms with Crippen LogP contribution in [0.2, 0.25) is 10.2 Å².